The van der Waals surface area contributed by atoms with E-state index in [0.29, 0.717) is 0 Å². The van der Waals surface area contributed by atoms with Crippen molar-refractivity contribution in [1.82, 2.24) is 4.90 Å². The van der Waals surface area contributed by atoms with Gasteiger partial charge in [-0.05, 0) is 25.1 Å². The Labute approximate surface area is 115 Å². The van der Waals surface area contributed by atoms with Crippen molar-refractivity contribution >= 4 is 11.8 Å². The maximum Gasteiger partial charge on any atom is 0.343 e. The fraction of sp³-hybridized carbons (Fsp3) is 0.286. The molecule has 0 unspecified atom stereocenters. The molecule has 4 nitrogen and oxygen atoms in total. The predicted octanol–water partition coefficient (Wildman–Crippen LogP) is 2.16. The van der Waals surface area contributed by atoms with E-state index in [4.69, 9.17) is 4.74 Å². The number of rotatable bonds is 5. The van der Waals surface area contributed by atoms with Crippen molar-refractivity contribution in [1.29, 1.82) is 0 Å². The lowest BCUT2D eigenvalue weighted by molar-refractivity contribution is -0.138. The SMILES string of the molecule is CCOC(=O)C(=CN(C)C)C(=O)c1cc(F)ccc1F. The Morgan fingerprint density at radius 3 is 2.50 bits per heavy atom. The lowest BCUT2D eigenvalue weighted by atomic mass is 10.0. The van der Waals surface area contributed by atoms with Gasteiger partial charge in [-0.15, -0.1) is 0 Å². The van der Waals surface area contributed by atoms with E-state index in [9.17, 15) is 18.4 Å². The second-order valence-electron chi connectivity index (χ2n) is 4.18. The van der Waals surface area contributed by atoms with Gasteiger partial charge in [-0.3, -0.25) is 4.79 Å². The lowest BCUT2D eigenvalue weighted by Crippen LogP contribution is -2.20. The fourth-order valence-electron chi connectivity index (χ4n) is 1.49. The number of carbonyl (C=O) groups excluding carboxylic acids is 2. The molecule has 0 radical (unpaired) electrons. The zero-order chi connectivity index (χ0) is 15.3. The van der Waals surface area contributed by atoms with Gasteiger partial charge in [0.25, 0.3) is 0 Å². The molecule has 0 saturated heterocycles. The van der Waals surface area contributed by atoms with Gasteiger partial charge >= 0.3 is 5.97 Å². The summed E-state index contributed by atoms with van der Waals surface area (Å²) in [6, 6.07) is 2.48. The minimum absolute atomic E-state index is 0.0719. The Balaban J connectivity index is 3.24. The van der Waals surface area contributed by atoms with Crippen LogP contribution < -0.4 is 0 Å². The largest absolute Gasteiger partial charge is 0.462 e. The van der Waals surface area contributed by atoms with E-state index >= 15 is 0 Å². The van der Waals surface area contributed by atoms with Crippen LogP contribution in [-0.4, -0.2) is 37.4 Å². The van der Waals surface area contributed by atoms with Crippen molar-refractivity contribution in [2.24, 2.45) is 0 Å². The average molecular weight is 283 g/mol. The predicted molar refractivity (Wildman–Crippen MR) is 69.1 cm³/mol. The summed E-state index contributed by atoms with van der Waals surface area (Å²) in [4.78, 5) is 25.3. The molecule has 108 valence electrons. The molecule has 1 aromatic rings. The Morgan fingerprint density at radius 2 is 1.95 bits per heavy atom. The molecular formula is C14H15F2NO3. The van der Waals surface area contributed by atoms with E-state index in [1.165, 1.54) is 11.1 Å². The van der Waals surface area contributed by atoms with Crippen molar-refractivity contribution < 1.29 is 23.1 Å². The molecule has 0 saturated carbocycles. The van der Waals surface area contributed by atoms with E-state index < -0.39 is 29.0 Å². The molecule has 20 heavy (non-hydrogen) atoms. The van der Waals surface area contributed by atoms with Gasteiger partial charge < -0.3 is 9.64 Å². The summed E-state index contributed by atoms with van der Waals surface area (Å²) in [5.74, 6) is -3.46. The smallest absolute Gasteiger partial charge is 0.343 e. The van der Waals surface area contributed by atoms with Gasteiger partial charge in [0.05, 0.1) is 12.2 Å². The maximum atomic E-state index is 13.6. The zero-order valence-electron chi connectivity index (χ0n) is 11.4. The summed E-state index contributed by atoms with van der Waals surface area (Å²) in [6.45, 7) is 1.65. The molecule has 1 rings (SSSR count). The quantitative estimate of drug-likeness (QED) is 0.273. The Kier molecular flexibility index (Phi) is 5.37. The van der Waals surface area contributed by atoms with Gasteiger partial charge in [0.15, 0.2) is 0 Å². The molecule has 0 aliphatic heterocycles. The minimum atomic E-state index is -0.922. The molecule has 0 fully saturated rings. The van der Waals surface area contributed by atoms with Crippen molar-refractivity contribution in [3.8, 4) is 0 Å². The van der Waals surface area contributed by atoms with Crippen molar-refractivity contribution in [2.45, 2.75) is 6.92 Å². The average Bonchev–Trinajstić information content (AvgIpc) is 2.38. The number of carbonyl (C=O) groups is 2. The Bertz CT molecular complexity index is 553. The molecule has 0 atom stereocenters. The number of esters is 1. The molecule has 0 aliphatic rings. The second kappa shape index (κ2) is 6.79. The molecule has 6 heteroatoms. The Morgan fingerprint density at radius 1 is 1.30 bits per heavy atom. The van der Waals surface area contributed by atoms with Gasteiger partial charge in [0.2, 0.25) is 5.78 Å². The van der Waals surface area contributed by atoms with Crippen LogP contribution in [0.4, 0.5) is 8.78 Å². The van der Waals surface area contributed by atoms with Crippen LogP contribution in [0.25, 0.3) is 0 Å². The van der Waals surface area contributed by atoms with Crippen LogP contribution in [-0.2, 0) is 9.53 Å². The van der Waals surface area contributed by atoms with E-state index in [1.807, 2.05) is 0 Å². The molecule has 0 aliphatic carbocycles. The van der Waals surface area contributed by atoms with Gasteiger partial charge in [-0.1, -0.05) is 0 Å². The summed E-state index contributed by atoms with van der Waals surface area (Å²) >= 11 is 0. The Hall–Kier alpha value is -2.24. The summed E-state index contributed by atoms with van der Waals surface area (Å²) in [6.07, 6.45) is 1.21. The molecule has 0 N–H and O–H groups in total. The lowest BCUT2D eigenvalue weighted by Gasteiger charge is -2.11. The van der Waals surface area contributed by atoms with E-state index in [-0.39, 0.29) is 12.2 Å². The number of halogens is 2. The number of ether oxygens (including phenoxy) is 1. The zero-order valence-corrected chi connectivity index (χ0v) is 11.4. The first-order valence-corrected chi connectivity index (χ1v) is 5.92. The second-order valence-corrected chi connectivity index (χ2v) is 4.18. The first-order chi connectivity index (χ1) is 9.36. The van der Waals surface area contributed by atoms with Crippen LogP contribution >= 0.6 is 0 Å². The van der Waals surface area contributed by atoms with Crippen molar-refractivity contribution in [3.05, 3.63) is 47.2 Å². The third-order valence-corrected chi connectivity index (χ3v) is 2.30. The summed E-state index contributed by atoms with van der Waals surface area (Å²) in [5, 5.41) is 0. The van der Waals surface area contributed by atoms with E-state index in [1.54, 1.807) is 21.0 Å². The van der Waals surface area contributed by atoms with Gasteiger partial charge in [0.1, 0.15) is 17.2 Å². The molecule has 0 aromatic heterocycles. The number of Topliss-reactive ketones (excluding diaryl/α,β-unsaturated/α-hetero) is 1. The van der Waals surface area contributed by atoms with E-state index in [0.717, 1.165) is 18.2 Å². The third-order valence-electron chi connectivity index (χ3n) is 2.30. The first-order valence-electron chi connectivity index (χ1n) is 5.92. The number of hydrogen-bond donors (Lipinski definition) is 0. The highest BCUT2D eigenvalue weighted by Gasteiger charge is 2.24. The number of hydrogen-bond acceptors (Lipinski definition) is 4. The van der Waals surface area contributed by atoms with Crippen molar-refractivity contribution in [2.75, 3.05) is 20.7 Å². The standard InChI is InChI=1S/C14H15F2NO3/c1-4-20-14(19)11(8-17(2)3)13(18)10-7-9(15)5-6-12(10)16/h5-8H,4H2,1-3H3. The van der Waals surface area contributed by atoms with Crippen LogP contribution in [0.3, 0.4) is 0 Å². The number of benzene rings is 1. The maximum absolute atomic E-state index is 13.6. The molecular weight excluding hydrogens is 268 g/mol. The van der Waals surface area contributed by atoms with Gasteiger partial charge in [0, 0.05) is 20.3 Å². The monoisotopic (exact) mass is 283 g/mol. The highest BCUT2D eigenvalue weighted by atomic mass is 19.1. The molecule has 0 heterocycles. The van der Waals surface area contributed by atoms with Crippen LogP contribution in [0, 0.1) is 11.6 Å². The van der Waals surface area contributed by atoms with Gasteiger partial charge in [-0.2, -0.15) is 0 Å². The summed E-state index contributed by atoms with van der Waals surface area (Å²) < 4.78 is 31.5. The normalized spacial score (nSPS) is 11.2. The minimum Gasteiger partial charge on any atom is -0.462 e. The summed E-state index contributed by atoms with van der Waals surface area (Å²) in [7, 11) is 3.18. The highest BCUT2D eigenvalue weighted by molar-refractivity contribution is 6.24. The molecule has 0 amide bonds. The van der Waals surface area contributed by atoms with Crippen LogP contribution in [0.1, 0.15) is 17.3 Å². The fourth-order valence-corrected chi connectivity index (χ4v) is 1.49. The highest BCUT2D eigenvalue weighted by Crippen LogP contribution is 2.16. The molecule has 1 aromatic carbocycles. The summed E-state index contributed by atoms with van der Waals surface area (Å²) in [5.41, 5.74) is -0.868. The number of ketones is 1. The van der Waals surface area contributed by atoms with Crippen LogP contribution in [0.15, 0.2) is 30.0 Å². The van der Waals surface area contributed by atoms with Gasteiger partial charge in [-0.25, -0.2) is 13.6 Å². The first kappa shape index (κ1) is 15.8. The van der Waals surface area contributed by atoms with Crippen LogP contribution in [0.5, 0.6) is 0 Å². The topological polar surface area (TPSA) is 46.6 Å². The van der Waals surface area contributed by atoms with Crippen molar-refractivity contribution in [3.63, 3.8) is 0 Å². The third kappa shape index (κ3) is 3.88. The van der Waals surface area contributed by atoms with Crippen LogP contribution in [0.2, 0.25) is 0 Å². The number of nitrogens with zero attached hydrogens (tertiary/aromatic N) is 1. The molecule has 0 spiro atoms. The molecule has 0 bridgehead atoms. The van der Waals surface area contributed by atoms with E-state index in [2.05, 4.69) is 0 Å².